The van der Waals surface area contributed by atoms with E-state index in [9.17, 15) is 9.59 Å². The van der Waals surface area contributed by atoms with Gasteiger partial charge in [-0.1, -0.05) is 12.1 Å². The van der Waals surface area contributed by atoms with Crippen LogP contribution in [0.5, 0.6) is 0 Å². The van der Waals surface area contributed by atoms with Gasteiger partial charge in [-0.05, 0) is 49.9 Å². The van der Waals surface area contributed by atoms with E-state index in [1.54, 1.807) is 22.4 Å². The zero-order valence-corrected chi connectivity index (χ0v) is 20.7. The van der Waals surface area contributed by atoms with Crippen LogP contribution >= 0.6 is 22.7 Å². The number of pyridine rings is 1. The fraction of sp³-hybridized carbons (Fsp3) is 0.375. The Morgan fingerprint density at radius 3 is 2.58 bits per heavy atom. The average Bonchev–Trinajstić information content (AvgIpc) is 3.46. The van der Waals surface area contributed by atoms with Gasteiger partial charge in [0.25, 0.3) is 5.91 Å². The summed E-state index contributed by atoms with van der Waals surface area (Å²) >= 11 is 3.03. The van der Waals surface area contributed by atoms with Crippen molar-refractivity contribution in [3.63, 3.8) is 0 Å². The lowest BCUT2D eigenvalue weighted by Gasteiger charge is -2.39. The minimum absolute atomic E-state index is 0.0978. The average molecular weight is 485 g/mol. The van der Waals surface area contributed by atoms with Crippen molar-refractivity contribution in [2.24, 2.45) is 0 Å². The van der Waals surface area contributed by atoms with Gasteiger partial charge in [0.15, 0.2) is 0 Å². The second-order valence-corrected chi connectivity index (χ2v) is 10.0. The molecule has 174 valence electrons. The molecule has 1 atom stereocenters. The van der Waals surface area contributed by atoms with Gasteiger partial charge in [-0.15, -0.1) is 22.7 Å². The molecule has 0 aromatic carbocycles. The molecule has 1 unspecified atom stereocenters. The summed E-state index contributed by atoms with van der Waals surface area (Å²) < 4.78 is 5.18. The molecule has 7 nitrogen and oxygen atoms in total. The highest BCUT2D eigenvalue weighted by molar-refractivity contribution is 7.17. The summed E-state index contributed by atoms with van der Waals surface area (Å²) in [6.07, 6.45) is 1.54. The molecule has 3 aromatic rings. The minimum Gasteiger partial charge on any atom is -0.450 e. The maximum absolute atomic E-state index is 12.9. The summed E-state index contributed by atoms with van der Waals surface area (Å²) in [6, 6.07) is 9.51. The van der Waals surface area contributed by atoms with Gasteiger partial charge in [0.1, 0.15) is 5.00 Å². The van der Waals surface area contributed by atoms with Crippen LogP contribution in [0.2, 0.25) is 0 Å². The molecule has 0 bridgehead atoms. The van der Waals surface area contributed by atoms with Gasteiger partial charge in [0.2, 0.25) is 0 Å². The Labute approximate surface area is 202 Å². The molecule has 1 fully saturated rings. The van der Waals surface area contributed by atoms with Crippen molar-refractivity contribution in [1.29, 1.82) is 0 Å². The normalized spacial score (nSPS) is 15.3. The third-order valence-electron chi connectivity index (χ3n) is 5.85. The maximum atomic E-state index is 12.9. The summed E-state index contributed by atoms with van der Waals surface area (Å²) in [5.74, 6) is -0.0978. The molecule has 4 rings (SSSR count). The number of aromatic nitrogens is 1. The smallest absolute Gasteiger partial charge is 0.409 e. The Bertz CT molecular complexity index is 1090. The van der Waals surface area contributed by atoms with Crippen LogP contribution in [0.3, 0.4) is 0 Å². The van der Waals surface area contributed by atoms with E-state index < -0.39 is 0 Å². The molecular weight excluding hydrogens is 456 g/mol. The van der Waals surface area contributed by atoms with Gasteiger partial charge in [-0.3, -0.25) is 14.7 Å². The van der Waals surface area contributed by atoms with E-state index in [4.69, 9.17) is 4.74 Å². The van der Waals surface area contributed by atoms with Gasteiger partial charge >= 0.3 is 6.09 Å². The molecule has 0 aliphatic carbocycles. The number of hydrogen-bond acceptors (Lipinski definition) is 7. The number of piperazine rings is 1. The highest BCUT2D eigenvalue weighted by Gasteiger charge is 2.33. The van der Waals surface area contributed by atoms with Crippen molar-refractivity contribution in [1.82, 2.24) is 14.8 Å². The van der Waals surface area contributed by atoms with Crippen molar-refractivity contribution < 1.29 is 14.3 Å². The molecule has 1 saturated heterocycles. The number of nitrogens with zero attached hydrogens (tertiary/aromatic N) is 3. The van der Waals surface area contributed by atoms with E-state index in [0.717, 1.165) is 26.7 Å². The number of rotatable bonds is 6. The van der Waals surface area contributed by atoms with E-state index in [0.29, 0.717) is 37.7 Å². The number of nitrogens with one attached hydrogen (secondary N) is 1. The molecule has 33 heavy (non-hydrogen) atoms. The summed E-state index contributed by atoms with van der Waals surface area (Å²) in [5.41, 5.74) is 3.16. The Hall–Kier alpha value is -2.75. The number of thiophene rings is 2. The van der Waals surface area contributed by atoms with Gasteiger partial charge in [0, 0.05) is 42.8 Å². The molecule has 1 aliphatic rings. The maximum Gasteiger partial charge on any atom is 0.409 e. The van der Waals surface area contributed by atoms with Crippen LogP contribution in [0.15, 0.2) is 41.9 Å². The summed E-state index contributed by atoms with van der Waals surface area (Å²) in [6.45, 7) is 8.92. The van der Waals surface area contributed by atoms with Gasteiger partial charge < -0.3 is 15.0 Å². The summed E-state index contributed by atoms with van der Waals surface area (Å²) in [5, 5.41) is 5.92. The first kappa shape index (κ1) is 23.4. The lowest BCUT2D eigenvalue weighted by molar-refractivity contribution is 0.0710. The van der Waals surface area contributed by atoms with E-state index >= 15 is 0 Å². The standard InChI is InChI=1S/C24H28N4O3S2/c1-4-31-24(30)28-13-11-27(12-14-28)21(18-8-5-6-10-25-18)20-16(2)17(3)33-23(20)26-22(29)19-9-7-15-32-19/h5-10,15,21H,4,11-14H2,1-3H3,(H,26,29). The molecular formula is C24H28N4O3S2. The van der Waals surface area contributed by atoms with Crippen LogP contribution in [0.1, 0.15) is 44.3 Å². The van der Waals surface area contributed by atoms with Crippen molar-refractivity contribution in [3.8, 4) is 0 Å². The Kier molecular flexibility index (Phi) is 7.42. The molecule has 0 saturated carbocycles. The Morgan fingerprint density at radius 2 is 1.94 bits per heavy atom. The van der Waals surface area contributed by atoms with Crippen LogP contribution in [0, 0.1) is 13.8 Å². The molecule has 9 heteroatoms. The van der Waals surface area contributed by atoms with Crippen molar-refractivity contribution in [2.45, 2.75) is 26.8 Å². The first-order chi connectivity index (χ1) is 16.0. The second-order valence-electron chi connectivity index (χ2n) is 7.84. The SMILES string of the molecule is CCOC(=O)N1CCN(C(c2ccccn2)c2c(NC(=O)c3cccs3)sc(C)c2C)CC1. The molecule has 3 aromatic heterocycles. The fourth-order valence-electron chi connectivity index (χ4n) is 4.07. The van der Waals surface area contributed by atoms with Gasteiger partial charge in [0.05, 0.1) is 23.2 Å². The van der Waals surface area contributed by atoms with Gasteiger partial charge in [-0.2, -0.15) is 0 Å². The molecule has 1 aliphatic heterocycles. The highest BCUT2D eigenvalue weighted by Crippen LogP contribution is 2.42. The second kappa shape index (κ2) is 10.5. The number of ether oxygens (including phenoxy) is 1. The number of anilines is 1. The third kappa shape index (κ3) is 5.10. The van der Waals surface area contributed by atoms with Crippen molar-refractivity contribution in [2.75, 3.05) is 38.1 Å². The van der Waals surface area contributed by atoms with Crippen molar-refractivity contribution >= 4 is 39.7 Å². The third-order valence-corrected chi connectivity index (χ3v) is 7.86. The first-order valence-electron chi connectivity index (χ1n) is 11.0. The largest absolute Gasteiger partial charge is 0.450 e. The quantitative estimate of drug-likeness (QED) is 0.537. The lowest BCUT2D eigenvalue weighted by Crippen LogP contribution is -2.50. The minimum atomic E-state index is -0.266. The molecule has 0 spiro atoms. The first-order valence-corrected chi connectivity index (χ1v) is 12.7. The number of amides is 2. The summed E-state index contributed by atoms with van der Waals surface area (Å²) in [7, 11) is 0. The predicted octanol–water partition coefficient (Wildman–Crippen LogP) is 4.94. The van der Waals surface area contributed by atoms with Crippen molar-refractivity contribution in [3.05, 3.63) is 68.5 Å². The molecule has 1 N–H and O–H groups in total. The zero-order chi connectivity index (χ0) is 23.4. The zero-order valence-electron chi connectivity index (χ0n) is 19.0. The van der Waals surface area contributed by atoms with E-state index in [1.165, 1.54) is 11.3 Å². The monoisotopic (exact) mass is 484 g/mol. The van der Waals surface area contributed by atoms with Crippen LogP contribution in [0.25, 0.3) is 0 Å². The van der Waals surface area contributed by atoms with Gasteiger partial charge in [-0.25, -0.2) is 4.79 Å². The van der Waals surface area contributed by atoms with Crippen LogP contribution in [0.4, 0.5) is 9.80 Å². The number of carbonyl (C=O) groups is 2. The van der Waals surface area contributed by atoms with E-state index in [2.05, 4.69) is 29.0 Å². The molecule has 2 amide bonds. The van der Waals surface area contributed by atoms with Crippen LogP contribution in [-0.2, 0) is 4.74 Å². The number of carbonyl (C=O) groups excluding carboxylic acids is 2. The topological polar surface area (TPSA) is 74.8 Å². The van der Waals surface area contributed by atoms with Crippen LogP contribution < -0.4 is 5.32 Å². The van der Waals surface area contributed by atoms with E-state index in [1.807, 2.05) is 42.6 Å². The fourth-order valence-corrected chi connectivity index (χ4v) is 5.78. The molecule has 4 heterocycles. The number of hydrogen-bond donors (Lipinski definition) is 1. The van der Waals surface area contributed by atoms with Crippen LogP contribution in [-0.4, -0.2) is 59.6 Å². The molecule has 0 radical (unpaired) electrons. The number of aryl methyl sites for hydroxylation is 1. The van der Waals surface area contributed by atoms with E-state index in [-0.39, 0.29) is 18.0 Å². The highest BCUT2D eigenvalue weighted by atomic mass is 32.1. The Morgan fingerprint density at radius 1 is 1.15 bits per heavy atom. The predicted molar refractivity (Wildman–Crippen MR) is 132 cm³/mol. The summed E-state index contributed by atoms with van der Waals surface area (Å²) in [4.78, 5) is 35.7. The Balaban J connectivity index is 1.66. The lowest BCUT2D eigenvalue weighted by atomic mass is 9.97.